The number of fused-ring (bicyclic) bond motifs is 1. The van der Waals surface area contributed by atoms with Crippen LogP contribution in [0.4, 0.5) is 0 Å². The minimum Gasteiger partial charge on any atom is -0.466 e. The molecule has 1 N–H and O–H groups in total. The summed E-state index contributed by atoms with van der Waals surface area (Å²) in [7, 11) is 0. The first-order valence-corrected chi connectivity index (χ1v) is 12.6. The molecule has 0 saturated heterocycles. The van der Waals surface area contributed by atoms with Crippen LogP contribution in [0.1, 0.15) is 25.3 Å². The Morgan fingerprint density at radius 2 is 2.06 bits per heavy atom. The van der Waals surface area contributed by atoms with Gasteiger partial charge in [0.25, 0.3) is 5.56 Å². The molecule has 1 amide bonds. The van der Waals surface area contributed by atoms with Crippen LogP contribution in [0.5, 0.6) is 0 Å². The first kappa shape index (κ1) is 24.7. The van der Waals surface area contributed by atoms with Gasteiger partial charge in [0.05, 0.1) is 17.7 Å². The summed E-state index contributed by atoms with van der Waals surface area (Å²) in [5.74, 6) is -0.340. The first-order chi connectivity index (χ1) is 15.9. The van der Waals surface area contributed by atoms with Crippen LogP contribution in [0.3, 0.4) is 0 Å². The van der Waals surface area contributed by atoms with Gasteiger partial charge in [-0.1, -0.05) is 47.7 Å². The van der Waals surface area contributed by atoms with Gasteiger partial charge in [-0.2, -0.15) is 0 Å². The maximum absolute atomic E-state index is 13.4. The van der Waals surface area contributed by atoms with Gasteiger partial charge in [-0.25, -0.2) is 4.98 Å². The Morgan fingerprint density at radius 1 is 1.30 bits per heavy atom. The summed E-state index contributed by atoms with van der Waals surface area (Å²) in [6, 6.07) is 8.04. The Bertz CT molecular complexity index is 1200. The summed E-state index contributed by atoms with van der Waals surface area (Å²) in [5.41, 5.74) is 2.84. The van der Waals surface area contributed by atoms with Crippen molar-refractivity contribution in [2.24, 2.45) is 0 Å². The van der Waals surface area contributed by atoms with Gasteiger partial charge in [-0.3, -0.25) is 19.0 Å². The molecule has 0 atom stereocenters. The lowest BCUT2D eigenvalue weighted by Crippen LogP contribution is -2.28. The highest BCUT2D eigenvalue weighted by atomic mass is 32.2. The van der Waals surface area contributed by atoms with Crippen LogP contribution in [0, 0.1) is 6.92 Å². The smallest absolute Gasteiger partial charge is 0.305 e. The van der Waals surface area contributed by atoms with Crippen LogP contribution in [0.2, 0.25) is 0 Å². The summed E-state index contributed by atoms with van der Waals surface area (Å²) in [4.78, 5) is 42.3. The summed E-state index contributed by atoms with van der Waals surface area (Å²) in [5, 5.41) is 5.79. The minimum absolute atomic E-state index is 0.116. The lowest BCUT2D eigenvalue weighted by molar-refractivity contribution is -0.143. The number of allylic oxidation sites excluding steroid dienone is 1. The van der Waals surface area contributed by atoms with E-state index in [-0.39, 0.29) is 29.6 Å². The van der Waals surface area contributed by atoms with Crippen LogP contribution in [0.15, 0.2) is 52.3 Å². The highest BCUT2D eigenvalue weighted by Gasteiger charge is 2.17. The molecule has 0 aliphatic heterocycles. The van der Waals surface area contributed by atoms with Crippen LogP contribution in [-0.4, -0.2) is 40.3 Å². The zero-order valence-electron chi connectivity index (χ0n) is 18.8. The van der Waals surface area contributed by atoms with E-state index in [2.05, 4.69) is 16.9 Å². The number of nitrogens with zero attached hydrogens (tertiary/aromatic N) is 2. The number of carbonyl (C=O) groups is 2. The number of rotatable bonds is 11. The van der Waals surface area contributed by atoms with E-state index >= 15 is 0 Å². The van der Waals surface area contributed by atoms with Crippen LogP contribution in [-0.2, 0) is 20.9 Å². The van der Waals surface area contributed by atoms with Gasteiger partial charge in [-0.05, 0) is 25.8 Å². The predicted octanol–water partition coefficient (Wildman–Crippen LogP) is 4.17. The number of ether oxygens (including phenoxy) is 1. The largest absolute Gasteiger partial charge is 0.466 e. The molecule has 0 saturated carbocycles. The molecule has 1 aromatic carbocycles. The van der Waals surface area contributed by atoms with E-state index in [0.29, 0.717) is 41.5 Å². The van der Waals surface area contributed by atoms with E-state index in [1.165, 1.54) is 23.1 Å². The van der Waals surface area contributed by atoms with E-state index in [1.807, 2.05) is 36.6 Å². The van der Waals surface area contributed by atoms with Crippen molar-refractivity contribution in [3.8, 4) is 11.1 Å². The quantitative estimate of drug-likeness (QED) is 0.144. The van der Waals surface area contributed by atoms with Crippen LogP contribution < -0.4 is 10.9 Å². The van der Waals surface area contributed by atoms with Gasteiger partial charge in [0.2, 0.25) is 5.91 Å². The molecule has 0 aliphatic rings. The third-order valence-corrected chi connectivity index (χ3v) is 6.70. The molecule has 174 valence electrons. The summed E-state index contributed by atoms with van der Waals surface area (Å²) >= 11 is 2.63. The summed E-state index contributed by atoms with van der Waals surface area (Å²) in [6.07, 6.45) is 2.42. The SMILES string of the molecule is C=CCn1c(SCC(=O)NCCCC(=O)OCC)nc2scc(-c3ccc(C)cc3)c2c1=O. The van der Waals surface area contributed by atoms with Crippen molar-refractivity contribution in [2.45, 2.75) is 38.4 Å². The Labute approximate surface area is 200 Å². The average Bonchev–Trinajstić information content (AvgIpc) is 3.22. The Hall–Kier alpha value is -2.91. The number of aryl methyl sites for hydroxylation is 1. The molecule has 3 aromatic rings. The van der Waals surface area contributed by atoms with Crippen molar-refractivity contribution < 1.29 is 14.3 Å². The number of thioether (sulfide) groups is 1. The number of carbonyl (C=O) groups excluding carboxylic acids is 2. The topological polar surface area (TPSA) is 90.3 Å². The second-order valence-electron chi connectivity index (χ2n) is 7.34. The van der Waals surface area contributed by atoms with Gasteiger partial charge >= 0.3 is 5.97 Å². The van der Waals surface area contributed by atoms with Crippen molar-refractivity contribution >= 4 is 45.2 Å². The maximum Gasteiger partial charge on any atom is 0.305 e. The molecule has 0 spiro atoms. The zero-order chi connectivity index (χ0) is 23.8. The Kier molecular flexibility index (Phi) is 8.85. The van der Waals surface area contributed by atoms with Gasteiger partial charge in [0.1, 0.15) is 4.83 Å². The molecule has 0 aliphatic carbocycles. The summed E-state index contributed by atoms with van der Waals surface area (Å²) in [6.45, 7) is 8.57. The molecule has 3 rings (SSSR count). The fourth-order valence-electron chi connectivity index (χ4n) is 3.23. The Morgan fingerprint density at radius 3 is 2.76 bits per heavy atom. The van der Waals surface area contributed by atoms with Crippen molar-refractivity contribution in [3.05, 3.63) is 58.2 Å². The predicted molar refractivity (Wildman–Crippen MR) is 134 cm³/mol. The molecule has 7 nitrogen and oxygen atoms in total. The van der Waals surface area contributed by atoms with E-state index in [9.17, 15) is 14.4 Å². The van der Waals surface area contributed by atoms with E-state index < -0.39 is 0 Å². The highest BCUT2D eigenvalue weighted by molar-refractivity contribution is 7.99. The fourth-order valence-corrected chi connectivity index (χ4v) is 5.05. The standard InChI is InChI=1S/C24H27N3O4S2/c1-4-13-27-23(30)21-18(17-10-8-16(3)9-11-17)14-32-22(21)26-24(27)33-15-19(28)25-12-6-7-20(29)31-5-2/h4,8-11,14H,1,5-7,12-13,15H2,2-3H3,(H,25,28). The van der Waals surface area contributed by atoms with Crippen molar-refractivity contribution in [3.63, 3.8) is 0 Å². The van der Waals surface area contributed by atoms with E-state index in [4.69, 9.17) is 4.74 Å². The van der Waals surface area contributed by atoms with E-state index in [1.54, 1.807) is 17.6 Å². The fraction of sp³-hybridized carbons (Fsp3) is 0.333. The highest BCUT2D eigenvalue weighted by Crippen LogP contribution is 2.32. The second-order valence-corrected chi connectivity index (χ2v) is 9.14. The third kappa shape index (κ3) is 6.33. The third-order valence-electron chi connectivity index (χ3n) is 4.85. The molecule has 0 fully saturated rings. The number of benzene rings is 1. The molecule has 0 bridgehead atoms. The minimum atomic E-state index is -0.270. The molecule has 0 radical (unpaired) electrons. The molecule has 33 heavy (non-hydrogen) atoms. The number of aromatic nitrogens is 2. The molecule has 0 unspecified atom stereocenters. The van der Waals surface area contributed by atoms with Gasteiger partial charge in [0.15, 0.2) is 5.16 Å². The van der Waals surface area contributed by atoms with Gasteiger partial charge in [-0.15, -0.1) is 17.9 Å². The number of hydrogen-bond donors (Lipinski definition) is 1. The van der Waals surface area contributed by atoms with Crippen LogP contribution >= 0.6 is 23.1 Å². The first-order valence-electron chi connectivity index (χ1n) is 10.7. The number of nitrogens with one attached hydrogen (secondary N) is 1. The summed E-state index contributed by atoms with van der Waals surface area (Å²) < 4.78 is 6.42. The number of esters is 1. The zero-order valence-corrected chi connectivity index (χ0v) is 20.4. The maximum atomic E-state index is 13.4. The van der Waals surface area contributed by atoms with E-state index in [0.717, 1.165) is 16.7 Å². The molecular formula is C24H27N3O4S2. The van der Waals surface area contributed by atoms with Gasteiger partial charge < -0.3 is 10.1 Å². The van der Waals surface area contributed by atoms with Crippen molar-refractivity contribution in [2.75, 3.05) is 18.9 Å². The van der Waals surface area contributed by atoms with Crippen LogP contribution in [0.25, 0.3) is 21.3 Å². The second kappa shape index (κ2) is 11.8. The molecule has 2 heterocycles. The molecule has 2 aromatic heterocycles. The lowest BCUT2D eigenvalue weighted by Gasteiger charge is -2.11. The number of hydrogen-bond acceptors (Lipinski definition) is 7. The lowest BCUT2D eigenvalue weighted by atomic mass is 10.1. The normalized spacial score (nSPS) is 10.8. The monoisotopic (exact) mass is 485 g/mol. The van der Waals surface area contributed by atoms with Gasteiger partial charge in [0, 0.05) is 30.5 Å². The number of amides is 1. The average molecular weight is 486 g/mol. The number of thiophene rings is 1. The Balaban J connectivity index is 1.74. The van der Waals surface area contributed by atoms with Crippen molar-refractivity contribution in [1.29, 1.82) is 0 Å². The molecule has 9 heteroatoms. The van der Waals surface area contributed by atoms with Crippen molar-refractivity contribution in [1.82, 2.24) is 14.9 Å². The molecular weight excluding hydrogens is 458 g/mol.